The third kappa shape index (κ3) is 4.01. The first-order chi connectivity index (χ1) is 12.2. The maximum Gasteiger partial charge on any atom is 0.336 e. The van der Waals surface area contributed by atoms with Gasteiger partial charge in [0.15, 0.2) is 11.2 Å². The van der Waals surface area contributed by atoms with Crippen molar-refractivity contribution in [3.05, 3.63) is 40.9 Å². The highest BCUT2D eigenvalue weighted by Gasteiger charge is 2.15. The molecule has 134 valence electrons. The second kappa shape index (κ2) is 8.15. The van der Waals surface area contributed by atoms with Crippen LogP contribution in [0.2, 0.25) is 0 Å². The molecule has 0 aliphatic rings. The molecule has 7 nitrogen and oxygen atoms in total. The average molecular weight is 347 g/mol. The first kappa shape index (κ1) is 17.5. The SMILES string of the molecule is O=c1ccc2cc3ccoc3c(OCCCN(CCO)CCO)c2o1. The van der Waals surface area contributed by atoms with Gasteiger partial charge in [-0.15, -0.1) is 0 Å². The molecule has 3 aromatic rings. The van der Waals surface area contributed by atoms with Crippen LogP contribution in [0.4, 0.5) is 0 Å². The third-order valence-corrected chi connectivity index (χ3v) is 3.98. The summed E-state index contributed by atoms with van der Waals surface area (Å²) in [6.45, 7) is 2.17. The number of nitrogens with zero attached hydrogens (tertiary/aromatic N) is 1. The fourth-order valence-corrected chi connectivity index (χ4v) is 2.82. The van der Waals surface area contributed by atoms with Gasteiger partial charge in [0.1, 0.15) is 0 Å². The van der Waals surface area contributed by atoms with Crippen molar-refractivity contribution in [1.29, 1.82) is 0 Å². The van der Waals surface area contributed by atoms with Crippen molar-refractivity contribution in [3.63, 3.8) is 0 Å². The number of rotatable bonds is 9. The predicted octanol–water partition coefficient (Wildman–Crippen LogP) is 1.59. The van der Waals surface area contributed by atoms with Gasteiger partial charge in [-0.2, -0.15) is 0 Å². The summed E-state index contributed by atoms with van der Waals surface area (Å²) in [5, 5.41) is 19.7. The lowest BCUT2D eigenvalue weighted by atomic mass is 10.1. The van der Waals surface area contributed by atoms with E-state index in [1.165, 1.54) is 6.07 Å². The average Bonchev–Trinajstić information content (AvgIpc) is 3.06. The lowest BCUT2D eigenvalue weighted by Gasteiger charge is -2.19. The highest BCUT2D eigenvalue weighted by Crippen LogP contribution is 2.34. The van der Waals surface area contributed by atoms with Crippen LogP contribution in [0.5, 0.6) is 5.75 Å². The summed E-state index contributed by atoms with van der Waals surface area (Å²) in [5.41, 5.74) is 0.474. The zero-order valence-electron chi connectivity index (χ0n) is 13.8. The molecule has 0 saturated heterocycles. The van der Waals surface area contributed by atoms with Gasteiger partial charge in [0.2, 0.25) is 5.75 Å². The number of benzene rings is 1. The third-order valence-electron chi connectivity index (χ3n) is 3.98. The van der Waals surface area contributed by atoms with Gasteiger partial charge in [-0.3, -0.25) is 4.90 Å². The van der Waals surface area contributed by atoms with Crippen LogP contribution in [-0.2, 0) is 0 Å². The van der Waals surface area contributed by atoms with Gasteiger partial charge in [0.25, 0.3) is 0 Å². The standard InChI is InChI=1S/C18H21NO6/c20-8-6-19(7-9-21)5-1-10-23-18-16-14(4-11-24-16)12-13-2-3-15(22)25-17(13)18/h2-4,11-12,20-21H,1,5-10H2. The molecule has 2 aromatic heterocycles. The molecule has 3 rings (SSSR count). The molecule has 2 N–H and O–H groups in total. The minimum absolute atomic E-state index is 0.0440. The van der Waals surface area contributed by atoms with Crippen molar-refractivity contribution < 1.29 is 23.8 Å². The first-order valence-electron chi connectivity index (χ1n) is 8.24. The lowest BCUT2D eigenvalue weighted by molar-refractivity contribution is 0.153. The van der Waals surface area contributed by atoms with Crippen LogP contribution in [0.25, 0.3) is 21.9 Å². The van der Waals surface area contributed by atoms with E-state index in [2.05, 4.69) is 0 Å². The van der Waals surface area contributed by atoms with Crippen LogP contribution < -0.4 is 10.4 Å². The van der Waals surface area contributed by atoms with E-state index in [0.717, 1.165) is 10.8 Å². The van der Waals surface area contributed by atoms with Gasteiger partial charge in [0, 0.05) is 36.5 Å². The van der Waals surface area contributed by atoms with E-state index in [9.17, 15) is 4.79 Å². The summed E-state index contributed by atoms with van der Waals surface area (Å²) < 4.78 is 16.7. The van der Waals surface area contributed by atoms with Crippen molar-refractivity contribution in [2.24, 2.45) is 0 Å². The quantitative estimate of drug-likeness (QED) is 0.448. The summed E-state index contributed by atoms with van der Waals surface area (Å²) in [5.74, 6) is 0.422. The number of aliphatic hydroxyl groups excluding tert-OH is 2. The second-order valence-corrected chi connectivity index (χ2v) is 5.71. The normalized spacial score (nSPS) is 11.6. The molecule has 1 aromatic carbocycles. The van der Waals surface area contributed by atoms with Crippen LogP contribution in [0.3, 0.4) is 0 Å². The molecule has 7 heteroatoms. The van der Waals surface area contributed by atoms with E-state index in [1.54, 1.807) is 12.3 Å². The van der Waals surface area contributed by atoms with Crippen molar-refractivity contribution >= 4 is 21.9 Å². The summed E-state index contributed by atoms with van der Waals surface area (Å²) in [7, 11) is 0. The van der Waals surface area contributed by atoms with Crippen LogP contribution in [0.1, 0.15) is 6.42 Å². The molecular weight excluding hydrogens is 326 g/mol. The smallest absolute Gasteiger partial charge is 0.336 e. The van der Waals surface area contributed by atoms with Gasteiger partial charge < -0.3 is 23.8 Å². The lowest BCUT2D eigenvalue weighted by Crippen LogP contribution is -2.31. The Morgan fingerprint density at radius 2 is 1.76 bits per heavy atom. The molecule has 25 heavy (non-hydrogen) atoms. The molecule has 0 aliphatic heterocycles. The molecule has 2 heterocycles. The van der Waals surface area contributed by atoms with Crippen molar-refractivity contribution in [1.82, 2.24) is 4.90 Å². The van der Waals surface area contributed by atoms with Crippen LogP contribution >= 0.6 is 0 Å². The number of fused-ring (bicyclic) bond motifs is 2. The molecular formula is C18H21NO6. The van der Waals surface area contributed by atoms with E-state index in [1.807, 2.05) is 17.0 Å². The number of hydrogen-bond acceptors (Lipinski definition) is 7. The number of furan rings is 1. The van der Waals surface area contributed by atoms with E-state index in [4.69, 9.17) is 23.8 Å². The Morgan fingerprint density at radius 3 is 2.52 bits per heavy atom. The Balaban J connectivity index is 1.76. The van der Waals surface area contributed by atoms with Gasteiger partial charge in [-0.1, -0.05) is 0 Å². The minimum Gasteiger partial charge on any atom is -0.486 e. The van der Waals surface area contributed by atoms with E-state index >= 15 is 0 Å². The molecule has 0 saturated carbocycles. The summed E-state index contributed by atoms with van der Waals surface area (Å²) >= 11 is 0. The van der Waals surface area contributed by atoms with Crippen molar-refractivity contribution in [2.45, 2.75) is 6.42 Å². The zero-order chi connectivity index (χ0) is 17.6. The van der Waals surface area contributed by atoms with Crippen LogP contribution in [0.15, 0.2) is 44.2 Å². The fraction of sp³-hybridized carbons (Fsp3) is 0.389. The number of hydrogen-bond donors (Lipinski definition) is 2. The molecule has 0 radical (unpaired) electrons. The first-order valence-corrected chi connectivity index (χ1v) is 8.24. The van der Waals surface area contributed by atoms with Gasteiger partial charge in [0.05, 0.1) is 26.1 Å². The topological polar surface area (TPSA) is 96.3 Å². The van der Waals surface area contributed by atoms with Crippen molar-refractivity contribution in [3.8, 4) is 5.75 Å². The Hall–Kier alpha value is -2.35. The molecule has 0 bridgehead atoms. The van der Waals surface area contributed by atoms with E-state index in [0.29, 0.717) is 49.6 Å². The summed E-state index contributed by atoms with van der Waals surface area (Å²) in [6.07, 6.45) is 2.26. The highest BCUT2D eigenvalue weighted by atomic mass is 16.5. The number of aliphatic hydroxyl groups is 2. The van der Waals surface area contributed by atoms with Gasteiger partial charge in [-0.05, 0) is 24.6 Å². The molecule has 0 unspecified atom stereocenters. The Morgan fingerprint density at radius 1 is 1.00 bits per heavy atom. The molecule has 0 fully saturated rings. The molecule has 0 atom stereocenters. The highest BCUT2D eigenvalue weighted by molar-refractivity contribution is 5.99. The predicted molar refractivity (Wildman–Crippen MR) is 93.0 cm³/mol. The molecule has 0 amide bonds. The monoisotopic (exact) mass is 347 g/mol. The van der Waals surface area contributed by atoms with Crippen molar-refractivity contribution in [2.75, 3.05) is 39.5 Å². The van der Waals surface area contributed by atoms with Crippen LogP contribution in [0, 0.1) is 0 Å². The van der Waals surface area contributed by atoms with E-state index in [-0.39, 0.29) is 13.2 Å². The van der Waals surface area contributed by atoms with Gasteiger partial charge in [-0.25, -0.2) is 4.79 Å². The largest absolute Gasteiger partial charge is 0.486 e. The Labute approximate surface area is 144 Å². The number of ether oxygens (including phenoxy) is 1. The summed E-state index contributed by atoms with van der Waals surface area (Å²) in [4.78, 5) is 13.5. The molecule has 0 spiro atoms. The molecule has 0 aliphatic carbocycles. The Kier molecular flexibility index (Phi) is 5.70. The Bertz CT molecular complexity index is 878. The van der Waals surface area contributed by atoms with Crippen LogP contribution in [-0.4, -0.2) is 54.6 Å². The maximum atomic E-state index is 11.6. The summed E-state index contributed by atoms with van der Waals surface area (Å²) in [6, 6.07) is 6.79. The second-order valence-electron chi connectivity index (χ2n) is 5.71. The fourth-order valence-electron chi connectivity index (χ4n) is 2.82. The van der Waals surface area contributed by atoms with Gasteiger partial charge >= 0.3 is 5.63 Å². The minimum atomic E-state index is -0.444. The van der Waals surface area contributed by atoms with E-state index < -0.39 is 5.63 Å². The maximum absolute atomic E-state index is 11.6. The zero-order valence-corrected chi connectivity index (χ0v) is 13.8.